The van der Waals surface area contributed by atoms with E-state index in [0.717, 1.165) is 16.0 Å². The van der Waals surface area contributed by atoms with Gasteiger partial charge in [-0.25, -0.2) is 4.98 Å². The molecule has 0 aromatic carbocycles. The summed E-state index contributed by atoms with van der Waals surface area (Å²) < 4.78 is 6.16. The highest BCUT2D eigenvalue weighted by Gasteiger charge is 2.31. The van der Waals surface area contributed by atoms with Crippen molar-refractivity contribution >= 4 is 21.7 Å². The van der Waals surface area contributed by atoms with E-state index in [4.69, 9.17) is 4.74 Å². The highest BCUT2D eigenvalue weighted by molar-refractivity contribution is 9.10. The average molecular weight is 287 g/mol. The Morgan fingerprint density at radius 3 is 3.06 bits per heavy atom. The molecule has 5 heteroatoms. The second-order valence-electron chi connectivity index (χ2n) is 4.14. The van der Waals surface area contributed by atoms with Crippen molar-refractivity contribution in [2.75, 3.05) is 25.1 Å². The number of rotatable bonds is 3. The number of hydrogen-bond acceptors (Lipinski definition) is 4. The van der Waals surface area contributed by atoms with Gasteiger partial charge in [0, 0.05) is 24.0 Å². The predicted octanol–water partition coefficient (Wildman–Crippen LogP) is 1.72. The molecule has 0 radical (unpaired) electrons. The Balaban J connectivity index is 1.96. The van der Waals surface area contributed by atoms with E-state index in [2.05, 4.69) is 26.2 Å². The van der Waals surface area contributed by atoms with Crippen LogP contribution in [0.25, 0.3) is 0 Å². The lowest BCUT2D eigenvalue weighted by Gasteiger charge is -2.21. The van der Waals surface area contributed by atoms with Crippen LogP contribution in [0.15, 0.2) is 16.6 Å². The monoisotopic (exact) mass is 286 g/mol. The van der Waals surface area contributed by atoms with Gasteiger partial charge in [0.25, 0.3) is 0 Å². The molecule has 0 spiro atoms. The Morgan fingerprint density at radius 1 is 1.62 bits per heavy atom. The smallest absolute Gasteiger partial charge is 0.126 e. The first kappa shape index (κ1) is 11.8. The maximum atomic E-state index is 10.1. The van der Waals surface area contributed by atoms with Crippen LogP contribution in [-0.4, -0.2) is 35.5 Å². The Morgan fingerprint density at radius 2 is 2.44 bits per heavy atom. The third-order valence-corrected chi connectivity index (χ3v) is 3.54. The van der Waals surface area contributed by atoms with E-state index in [1.54, 1.807) is 0 Å². The van der Waals surface area contributed by atoms with E-state index in [1.807, 2.05) is 19.1 Å². The molecule has 1 fully saturated rings. The van der Waals surface area contributed by atoms with Crippen molar-refractivity contribution in [3.63, 3.8) is 0 Å². The van der Waals surface area contributed by atoms with Crippen LogP contribution in [-0.2, 0) is 4.74 Å². The number of pyridine rings is 1. The Bertz CT molecular complexity index is 378. The molecule has 1 saturated heterocycles. The minimum Gasteiger partial charge on any atom is -0.386 e. The molecule has 0 bridgehead atoms. The van der Waals surface area contributed by atoms with E-state index < -0.39 is 5.60 Å². The van der Waals surface area contributed by atoms with Gasteiger partial charge in [0.2, 0.25) is 0 Å². The van der Waals surface area contributed by atoms with Gasteiger partial charge >= 0.3 is 0 Å². The zero-order valence-electron chi connectivity index (χ0n) is 9.16. The molecular formula is C11H15BrN2O2. The first-order valence-corrected chi connectivity index (χ1v) is 6.06. The zero-order chi connectivity index (χ0) is 11.6. The van der Waals surface area contributed by atoms with Gasteiger partial charge in [0.05, 0.1) is 12.3 Å². The van der Waals surface area contributed by atoms with Crippen LogP contribution in [0.1, 0.15) is 12.1 Å². The number of nitrogens with zero attached hydrogens (tertiary/aromatic N) is 1. The standard InChI is InChI=1S/C11H15BrN2O2/c1-8-9(12)2-3-10(14-8)13-6-11(15)4-5-16-7-11/h2-3,15H,4-7H2,1H3,(H,13,14)/t11-/m0/s1. The molecule has 1 aliphatic rings. The molecule has 2 N–H and O–H groups in total. The minimum absolute atomic E-state index is 0.398. The van der Waals surface area contributed by atoms with Crippen LogP contribution in [0.2, 0.25) is 0 Å². The molecule has 1 aromatic rings. The SMILES string of the molecule is Cc1nc(NC[C@@]2(O)CCOC2)ccc1Br. The summed E-state index contributed by atoms with van der Waals surface area (Å²) in [5.74, 6) is 0.779. The molecule has 88 valence electrons. The van der Waals surface area contributed by atoms with Crippen molar-refractivity contribution in [1.29, 1.82) is 0 Å². The third kappa shape index (κ3) is 2.72. The summed E-state index contributed by atoms with van der Waals surface area (Å²) in [6, 6.07) is 3.83. The molecule has 1 aromatic heterocycles. The van der Waals surface area contributed by atoms with Gasteiger partial charge < -0.3 is 15.2 Å². The van der Waals surface area contributed by atoms with Gasteiger partial charge in [-0.3, -0.25) is 0 Å². The first-order chi connectivity index (χ1) is 7.59. The lowest BCUT2D eigenvalue weighted by molar-refractivity contribution is 0.0381. The molecule has 16 heavy (non-hydrogen) atoms. The van der Waals surface area contributed by atoms with Crippen LogP contribution in [0.4, 0.5) is 5.82 Å². The number of nitrogens with one attached hydrogen (secondary N) is 1. The van der Waals surface area contributed by atoms with Gasteiger partial charge in [-0.2, -0.15) is 0 Å². The largest absolute Gasteiger partial charge is 0.386 e. The van der Waals surface area contributed by atoms with E-state index in [1.165, 1.54) is 0 Å². The Labute approximate surface area is 103 Å². The fourth-order valence-electron chi connectivity index (χ4n) is 1.63. The maximum absolute atomic E-state index is 10.1. The minimum atomic E-state index is -0.747. The molecule has 2 heterocycles. The third-order valence-electron chi connectivity index (χ3n) is 2.70. The number of aromatic nitrogens is 1. The van der Waals surface area contributed by atoms with Gasteiger partial charge in [-0.15, -0.1) is 0 Å². The molecular weight excluding hydrogens is 272 g/mol. The average Bonchev–Trinajstić information content (AvgIpc) is 2.68. The number of hydrogen-bond donors (Lipinski definition) is 2. The summed E-state index contributed by atoms with van der Waals surface area (Å²) in [6.45, 7) is 3.43. The molecule has 1 aliphatic heterocycles. The van der Waals surface area contributed by atoms with E-state index in [0.29, 0.717) is 26.2 Å². The van der Waals surface area contributed by atoms with Crippen LogP contribution < -0.4 is 5.32 Å². The van der Waals surface area contributed by atoms with E-state index in [9.17, 15) is 5.11 Å². The predicted molar refractivity (Wildman–Crippen MR) is 65.5 cm³/mol. The van der Waals surface area contributed by atoms with E-state index >= 15 is 0 Å². The number of anilines is 1. The molecule has 2 rings (SSSR count). The number of aryl methyl sites for hydroxylation is 1. The quantitative estimate of drug-likeness (QED) is 0.888. The summed E-state index contributed by atoms with van der Waals surface area (Å²) in [7, 11) is 0. The summed E-state index contributed by atoms with van der Waals surface area (Å²) in [5, 5.41) is 13.2. The molecule has 1 atom stereocenters. The van der Waals surface area contributed by atoms with Gasteiger partial charge in [0.15, 0.2) is 0 Å². The lowest BCUT2D eigenvalue weighted by Crippen LogP contribution is -2.37. The lowest BCUT2D eigenvalue weighted by atomic mass is 10.0. The molecule has 0 aliphatic carbocycles. The normalized spacial score (nSPS) is 24.7. The van der Waals surface area contributed by atoms with Crippen LogP contribution in [0.3, 0.4) is 0 Å². The second-order valence-corrected chi connectivity index (χ2v) is 5.00. The highest BCUT2D eigenvalue weighted by atomic mass is 79.9. The summed E-state index contributed by atoms with van der Waals surface area (Å²) in [4.78, 5) is 4.35. The second kappa shape index (κ2) is 4.69. The molecule has 0 amide bonds. The van der Waals surface area contributed by atoms with Crippen molar-refractivity contribution in [1.82, 2.24) is 4.98 Å². The van der Waals surface area contributed by atoms with Crippen molar-refractivity contribution in [3.8, 4) is 0 Å². The van der Waals surface area contributed by atoms with Gasteiger partial charge in [0.1, 0.15) is 11.4 Å². The topological polar surface area (TPSA) is 54.4 Å². The zero-order valence-corrected chi connectivity index (χ0v) is 10.7. The van der Waals surface area contributed by atoms with Crippen molar-refractivity contribution < 1.29 is 9.84 Å². The highest BCUT2D eigenvalue weighted by Crippen LogP contribution is 2.20. The molecule has 4 nitrogen and oxygen atoms in total. The number of aliphatic hydroxyl groups is 1. The van der Waals surface area contributed by atoms with Crippen molar-refractivity contribution in [3.05, 3.63) is 22.3 Å². The first-order valence-electron chi connectivity index (χ1n) is 5.26. The van der Waals surface area contributed by atoms with Gasteiger partial charge in [-0.05, 0) is 35.0 Å². The van der Waals surface area contributed by atoms with Crippen molar-refractivity contribution in [2.45, 2.75) is 18.9 Å². The van der Waals surface area contributed by atoms with Crippen LogP contribution >= 0.6 is 15.9 Å². The van der Waals surface area contributed by atoms with Gasteiger partial charge in [-0.1, -0.05) is 0 Å². The summed E-state index contributed by atoms with van der Waals surface area (Å²) >= 11 is 3.40. The number of ether oxygens (including phenoxy) is 1. The Kier molecular flexibility index (Phi) is 3.47. The van der Waals surface area contributed by atoms with E-state index in [-0.39, 0.29) is 0 Å². The maximum Gasteiger partial charge on any atom is 0.126 e. The van der Waals surface area contributed by atoms with Crippen LogP contribution in [0, 0.1) is 6.92 Å². The number of halogens is 1. The summed E-state index contributed by atoms with van der Waals surface area (Å²) in [6.07, 6.45) is 0.676. The Hall–Kier alpha value is -0.650. The van der Waals surface area contributed by atoms with Crippen LogP contribution in [0.5, 0.6) is 0 Å². The molecule has 0 saturated carbocycles. The fourth-order valence-corrected chi connectivity index (χ4v) is 1.85. The fraction of sp³-hybridized carbons (Fsp3) is 0.545. The van der Waals surface area contributed by atoms with Crippen molar-refractivity contribution in [2.24, 2.45) is 0 Å². The molecule has 0 unspecified atom stereocenters. The summed E-state index contributed by atoms with van der Waals surface area (Å²) in [5.41, 5.74) is 0.183.